The van der Waals surface area contributed by atoms with Crippen LogP contribution in [0.2, 0.25) is 0 Å². The average molecular weight is 253 g/mol. The lowest BCUT2D eigenvalue weighted by Gasteiger charge is -2.18. The summed E-state index contributed by atoms with van der Waals surface area (Å²) in [6, 6.07) is 19.9. The fraction of sp³-hybridized carbons (Fsp3) is 0.235. The van der Waals surface area contributed by atoms with Crippen LogP contribution < -0.4 is 5.11 Å². The molecule has 98 valence electrons. The molecule has 2 rings (SSSR count). The molecule has 0 N–H and O–H groups in total. The summed E-state index contributed by atoms with van der Waals surface area (Å²) in [7, 11) is 0. The summed E-state index contributed by atoms with van der Waals surface area (Å²) in [6.07, 6.45) is 1.78. The van der Waals surface area contributed by atoms with E-state index in [-0.39, 0.29) is 12.3 Å². The van der Waals surface area contributed by atoms with E-state index < -0.39 is 5.97 Å². The predicted octanol–water partition coefficient (Wildman–Crippen LogP) is 2.54. The normalized spacial score (nSPS) is 12.0. The van der Waals surface area contributed by atoms with Gasteiger partial charge in [0, 0.05) is 5.97 Å². The van der Waals surface area contributed by atoms with E-state index in [1.54, 1.807) is 0 Å². The van der Waals surface area contributed by atoms with Gasteiger partial charge in [-0.15, -0.1) is 0 Å². The Hall–Kier alpha value is -2.09. The molecule has 0 heterocycles. The van der Waals surface area contributed by atoms with E-state index in [1.165, 1.54) is 5.56 Å². The van der Waals surface area contributed by atoms with Crippen molar-refractivity contribution in [3.8, 4) is 0 Å². The number of carbonyl (C=O) groups excluding carboxylic acids is 1. The molecule has 0 aliphatic carbocycles. The van der Waals surface area contributed by atoms with Crippen molar-refractivity contribution in [3.05, 3.63) is 71.8 Å². The highest BCUT2D eigenvalue weighted by atomic mass is 16.4. The van der Waals surface area contributed by atoms with E-state index >= 15 is 0 Å². The first kappa shape index (κ1) is 13.3. The maximum Gasteiger partial charge on any atom is 0.0420 e. The van der Waals surface area contributed by atoms with Crippen molar-refractivity contribution in [2.75, 3.05) is 0 Å². The van der Waals surface area contributed by atoms with E-state index in [0.717, 1.165) is 18.4 Å². The van der Waals surface area contributed by atoms with Gasteiger partial charge in [0.15, 0.2) is 0 Å². The molecule has 1 unspecified atom stereocenters. The van der Waals surface area contributed by atoms with Gasteiger partial charge in [-0.1, -0.05) is 60.7 Å². The number of aliphatic carboxylic acids is 1. The largest absolute Gasteiger partial charge is 0.550 e. The van der Waals surface area contributed by atoms with Crippen LogP contribution in [0.4, 0.5) is 0 Å². The lowest BCUT2D eigenvalue weighted by molar-refractivity contribution is -0.306. The van der Waals surface area contributed by atoms with Crippen molar-refractivity contribution in [1.29, 1.82) is 0 Å². The fourth-order valence-corrected chi connectivity index (χ4v) is 2.30. The standard InChI is InChI=1S/C17H18O2/c18-17(19)13-16(15-9-5-2-6-10-15)12-11-14-7-3-1-4-8-14/h1-10,16H,11-13H2,(H,18,19)/p-1. The van der Waals surface area contributed by atoms with Gasteiger partial charge in [0.25, 0.3) is 0 Å². The molecule has 0 saturated heterocycles. The van der Waals surface area contributed by atoms with Crippen molar-refractivity contribution in [2.45, 2.75) is 25.2 Å². The van der Waals surface area contributed by atoms with Crippen LogP contribution in [0.1, 0.15) is 29.9 Å². The molecule has 2 aromatic carbocycles. The van der Waals surface area contributed by atoms with Gasteiger partial charge in [0.1, 0.15) is 0 Å². The van der Waals surface area contributed by atoms with Crippen molar-refractivity contribution >= 4 is 5.97 Å². The Morgan fingerprint density at radius 1 is 0.947 bits per heavy atom. The Morgan fingerprint density at radius 3 is 2.11 bits per heavy atom. The van der Waals surface area contributed by atoms with E-state index in [2.05, 4.69) is 12.1 Å². The number of carbonyl (C=O) groups is 1. The lowest BCUT2D eigenvalue weighted by Crippen LogP contribution is -2.24. The van der Waals surface area contributed by atoms with Crippen LogP contribution in [0.15, 0.2) is 60.7 Å². The SMILES string of the molecule is O=C([O-])CC(CCc1ccccc1)c1ccccc1. The van der Waals surface area contributed by atoms with Crippen molar-refractivity contribution in [3.63, 3.8) is 0 Å². The minimum Gasteiger partial charge on any atom is -0.550 e. The molecule has 1 atom stereocenters. The molecule has 19 heavy (non-hydrogen) atoms. The summed E-state index contributed by atoms with van der Waals surface area (Å²) in [5, 5.41) is 10.9. The number of benzene rings is 2. The fourth-order valence-electron chi connectivity index (χ4n) is 2.30. The average Bonchev–Trinajstić information content (AvgIpc) is 2.45. The first-order valence-electron chi connectivity index (χ1n) is 6.54. The number of carboxylic acid groups (broad SMARTS) is 1. The first-order chi connectivity index (χ1) is 9.25. The number of carboxylic acids is 1. The van der Waals surface area contributed by atoms with E-state index in [9.17, 15) is 9.90 Å². The minimum absolute atomic E-state index is 0.0198. The Bertz CT molecular complexity index is 505. The van der Waals surface area contributed by atoms with Gasteiger partial charge < -0.3 is 9.90 Å². The highest BCUT2D eigenvalue weighted by Crippen LogP contribution is 2.24. The molecule has 2 heteroatoms. The van der Waals surface area contributed by atoms with Gasteiger partial charge in [0.2, 0.25) is 0 Å². The van der Waals surface area contributed by atoms with Crippen molar-refractivity contribution < 1.29 is 9.90 Å². The molecule has 0 aromatic heterocycles. The number of hydrogen-bond donors (Lipinski definition) is 0. The van der Waals surface area contributed by atoms with Gasteiger partial charge in [-0.25, -0.2) is 0 Å². The molecule has 0 bridgehead atoms. The summed E-state index contributed by atoms with van der Waals surface area (Å²) < 4.78 is 0. The minimum atomic E-state index is -0.984. The molecular weight excluding hydrogens is 236 g/mol. The van der Waals surface area contributed by atoms with E-state index in [4.69, 9.17) is 0 Å². The number of hydrogen-bond acceptors (Lipinski definition) is 2. The Balaban J connectivity index is 2.04. The Labute approximate surface area is 113 Å². The summed E-state index contributed by atoms with van der Waals surface area (Å²) >= 11 is 0. The monoisotopic (exact) mass is 253 g/mol. The second-order valence-electron chi connectivity index (χ2n) is 4.71. The van der Waals surface area contributed by atoms with Crippen LogP contribution in [0, 0.1) is 0 Å². The summed E-state index contributed by atoms with van der Waals surface area (Å²) in [5.74, 6) is -0.965. The lowest BCUT2D eigenvalue weighted by atomic mass is 9.90. The second-order valence-corrected chi connectivity index (χ2v) is 4.71. The van der Waals surface area contributed by atoms with Gasteiger partial charge in [-0.3, -0.25) is 0 Å². The molecule has 0 fully saturated rings. The zero-order chi connectivity index (χ0) is 13.5. The molecule has 0 amide bonds. The Kier molecular flexibility index (Phi) is 4.73. The highest BCUT2D eigenvalue weighted by Gasteiger charge is 2.11. The van der Waals surface area contributed by atoms with E-state index in [0.29, 0.717) is 0 Å². The van der Waals surface area contributed by atoms with Crippen LogP contribution in [-0.4, -0.2) is 5.97 Å². The van der Waals surface area contributed by atoms with Crippen LogP contribution in [-0.2, 0) is 11.2 Å². The predicted molar refractivity (Wildman–Crippen MR) is 73.6 cm³/mol. The maximum absolute atomic E-state index is 10.9. The van der Waals surface area contributed by atoms with E-state index in [1.807, 2.05) is 48.5 Å². The molecule has 0 saturated carbocycles. The Morgan fingerprint density at radius 2 is 1.53 bits per heavy atom. The molecule has 0 radical (unpaired) electrons. The third-order valence-corrected chi connectivity index (χ3v) is 3.31. The maximum atomic E-state index is 10.9. The zero-order valence-corrected chi connectivity index (χ0v) is 10.8. The topological polar surface area (TPSA) is 40.1 Å². The highest BCUT2D eigenvalue weighted by molar-refractivity contribution is 5.65. The van der Waals surface area contributed by atoms with Gasteiger partial charge in [-0.2, -0.15) is 0 Å². The van der Waals surface area contributed by atoms with Crippen LogP contribution >= 0.6 is 0 Å². The summed E-state index contributed by atoms with van der Waals surface area (Å²) in [5.41, 5.74) is 2.31. The van der Waals surface area contributed by atoms with Gasteiger partial charge in [0.05, 0.1) is 0 Å². The van der Waals surface area contributed by atoms with Crippen molar-refractivity contribution in [1.82, 2.24) is 0 Å². The van der Waals surface area contributed by atoms with Gasteiger partial charge >= 0.3 is 0 Å². The smallest absolute Gasteiger partial charge is 0.0420 e. The third kappa shape index (κ3) is 4.25. The second kappa shape index (κ2) is 6.74. The molecular formula is C17H17O2-. The number of aryl methyl sites for hydroxylation is 1. The third-order valence-electron chi connectivity index (χ3n) is 3.31. The van der Waals surface area contributed by atoms with Crippen LogP contribution in [0.3, 0.4) is 0 Å². The molecule has 0 spiro atoms. The zero-order valence-electron chi connectivity index (χ0n) is 10.8. The van der Waals surface area contributed by atoms with Crippen molar-refractivity contribution in [2.24, 2.45) is 0 Å². The summed E-state index contributed by atoms with van der Waals surface area (Å²) in [6.45, 7) is 0. The molecule has 0 aliphatic rings. The molecule has 2 nitrogen and oxygen atoms in total. The quantitative estimate of drug-likeness (QED) is 0.793. The van der Waals surface area contributed by atoms with Gasteiger partial charge in [-0.05, 0) is 36.3 Å². The first-order valence-corrected chi connectivity index (χ1v) is 6.54. The molecule has 2 aromatic rings. The summed E-state index contributed by atoms with van der Waals surface area (Å²) in [4.78, 5) is 10.9. The van der Waals surface area contributed by atoms with Crippen LogP contribution in [0.5, 0.6) is 0 Å². The molecule has 0 aliphatic heterocycles. The van der Waals surface area contributed by atoms with Crippen LogP contribution in [0.25, 0.3) is 0 Å². The number of rotatable bonds is 6.